The number of sulfonamides is 1. The van der Waals surface area contributed by atoms with Crippen molar-refractivity contribution < 1.29 is 13.2 Å². The van der Waals surface area contributed by atoms with Gasteiger partial charge in [0.25, 0.3) is 10.0 Å². The Morgan fingerprint density at radius 1 is 1.10 bits per heavy atom. The number of benzene rings is 2. The standard InChI is InChI=1S/C23H27ClN2O3S/c1-15-3-8-20(9-4-15)30(28,29)26(22-10-7-19(24)11-16(22)2)14-23(27)25-21-13-17-5-6-18(21)12-17/h3-4,7-11,17-18,21H,5-6,12-14H2,1-2H3,(H,25,27)/t17-,18-,21-/m1/s1. The lowest BCUT2D eigenvalue weighted by molar-refractivity contribution is -0.120. The molecular weight excluding hydrogens is 420 g/mol. The van der Waals surface area contributed by atoms with Crippen molar-refractivity contribution in [1.29, 1.82) is 0 Å². The van der Waals surface area contributed by atoms with E-state index >= 15 is 0 Å². The molecule has 4 rings (SSSR count). The Morgan fingerprint density at radius 2 is 1.83 bits per heavy atom. The molecule has 2 saturated carbocycles. The summed E-state index contributed by atoms with van der Waals surface area (Å²) in [5, 5.41) is 3.63. The number of halogens is 1. The van der Waals surface area contributed by atoms with Gasteiger partial charge in [0, 0.05) is 11.1 Å². The van der Waals surface area contributed by atoms with Gasteiger partial charge in [0.1, 0.15) is 6.54 Å². The Bertz CT molecular complexity index is 1050. The van der Waals surface area contributed by atoms with Crippen molar-refractivity contribution in [3.8, 4) is 0 Å². The number of aryl methyl sites for hydroxylation is 2. The molecule has 7 heteroatoms. The predicted molar refractivity (Wildman–Crippen MR) is 119 cm³/mol. The van der Waals surface area contributed by atoms with Crippen LogP contribution in [0.4, 0.5) is 5.69 Å². The number of carbonyl (C=O) groups is 1. The number of hydrogen-bond acceptors (Lipinski definition) is 3. The van der Waals surface area contributed by atoms with Gasteiger partial charge < -0.3 is 5.32 Å². The number of carbonyl (C=O) groups excluding carboxylic acids is 1. The number of nitrogens with one attached hydrogen (secondary N) is 1. The van der Waals surface area contributed by atoms with Gasteiger partial charge >= 0.3 is 0 Å². The third-order valence-electron chi connectivity index (χ3n) is 6.41. The summed E-state index contributed by atoms with van der Waals surface area (Å²) in [5.74, 6) is 0.960. The molecule has 0 aliphatic heterocycles. The molecule has 30 heavy (non-hydrogen) atoms. The SMILES string of the molecule is Cc1ccc(S(=O)(=O)N(CC(=O)N[C@@H]2C[C@@H]3CC[C@@H]2C3)c2ccc(Cl)cc2C)cc1. The van der Waals surface area contributed by atoms with Crippen LogP contribution in [0.15, 0.2) is 47.4 Å². The first-order valence-corrected chi connectivity index (χ1v) is 12.2. The minimum absolute atomic E-state index is 0.159. The summed E-state index contributed by atoms with van der Waals surface area (Å²) < 4.78 is 28.2. The second-order valence-corrected chi connectivity index (χ2v) is 10.9. The maximum Gasteiger partial charge on any atom is 0.264 e. The molecule has 0 heterocycles. The second kappa shape index (κ2) is 8.23. The molecule has 0 aromatic heterocycles. The molecule has 2 bridgehead atoms. The molecule has 1 N–H and O–H groups in total. The number of amides is 1. The van der Waals surface area contributed by atoms with Crippen molar-refractivity contribution in [2.45, 2.75) is 50.5 Å². The van der Waals surface area contributed by atoms with E-state index in [1.807, 2.05) is 6.92 Å². The molecule has 2 aliphatic rings. The third kappa shape index (κ3) is 4.21. The fourth-order valence-corrected chi connectivity index (χ4v) is 6.55. The fourth-order valence-electron chi connectivity index (χ4n) is 4.84. The molecule has 2 aromatic rings. The maximum absolute atomic E-state index is 13.5. The van der Waals surface area contributed by atoms with E-state index in [1.165, 1.54) is 17.1 Å². The maximum atomic E-state index is 13.5. The second-order valence-electron chi connectivity index (χ2n) is 8.60. The van der Waals surface area contributed by atoms with Gasteiger partial charge in [-0.05, 0) is 80.8 Å². The van der Waals surface area contributed by atoms with Crippen LogP contribution in [-0.4, -0.2) is 26.9 Å². The summed E-state index contributed by atoms with van der Waals surface area (Å²) in [6.07, 6.45) is 4.57. The highest BCUT2D eigenvalue weighted by atomic mass is 35.5. The van der Waals surface area contributed by atoms with Crippen LogP contribution in [0.25, 0.3) is 0 Å². The third-order valence-corrected chi connectivity index (χ3v) is 8.42. The zero-order valence-electron chi connectivity index (χ0n) is 17.3. The lowest BCUT2D eigenvalue weighted by Gasteiger charge is -2.28. The predicted octanol–water partition coefficient (Wildman–Crippen LogP) is 4.46. The zero-order chi connectivity index (χ0) is 21.5. The number of rotatable bonds is 6. The van der Waals surface area contributed by atoms with E-state index in [2.05, 4.69) is 5.32 Å². The highest BCUT2D eigenvalue weighted by molar-refractivity contribution is 7.92. The zero-order valence-corrected chi connectivity index (χ0v) is 18.8. The Morgan fingerprint density at radius 3 is 2.43 bits per heavy atom. The first-order chi connectivity index (χ1) is 14.2. The van der Waals surface area contributed by atoms with E-state index < -0.39 is 10.0 Å². The highest BCUT2D eigenvalue weighted by Gasteiger charge is 2.40. The van der Waals surface area contributed by atoms with Crippen LogP contribution in [0, 0.1) is 25.7 Å². The quantitative estimate of drug-likeness (QED) is 0.712. The first-order valence-electron chi connectivity index (χ1n) is 10.4. The molecule has 2 aromatic carbocycles. The number of fused-ring (bicyclic) bond motifs is 2. The molecule has 5 nitrogen and oxygen atoms in total. The fraction of sp³-hybridized carbons (Fsp3) is 0.435. The summed E-state index contributed by atoms with van der Waals surface area (Å²) in [5.41, 5.74) is 2.13. The Hall–Kier alpha value is -2.05. The van der Waals surface area contributed by atoms with Gasteiger partial charge in [-0.25, -0.2) is 8.42 Å². The highest BCUT2D eigenvalue weighted by Crippen LogP contribution is 2.44. The van der Waals surface area contributed by atoms with Crippen molar-refractivity contribution in [3.63, 3.8) is 0 Å². The molecule has 0 saturated heterocycles. The smallest absolute Gasteiger partial charge is 0.264 e. The molecule has 0 unspecified atom stereocenters. The summed E-state index contributed by atoms with van der Waals surface area (Å²) in [6, 6.07) is 11.9. The number of anilines is 1. The van der Waals surface area contributed by atoms with E-state index in [9.17, 15) is 13.2 Å². The van der Waals surface area contributed by atoms with E-state index in [1.54, 1.807) is 49.4 Å². The van der Waals surface area contributed by atoms with Crippen molar-refractivity contribution >= 4 is 33.2 Å². The summed E-state index contributed by atoms with van der Waals surface area (Å²) in [4.78, 5) is 13.1. The van der Waals surface area contributed by atoms with E-state index in [0.717, 1.165) is 18.4 Å². The van der Waals surface area contributed by atoms with Crippen molar-refractivity contribution in [3.05, 3.63) is 58.6 Å². The minimum Gasteiger partial charge on any atom is -0.352 e. The number of hydrogen-bond donors (Lipinski definition) is 1. The van der Waals surface area contributed by atoms with Crippen LogP contribution in [0.1, 0.15) is 36.8 Å². The monoisotopic (exact) mass is 446 g/mol. The van der Waals surface area contributed by atoms with E-state index in [0.29, 0.717) is 28.1 Å². The average molecular weight is 447 g/mol. The van der Waals surface area contributed by atoms with Crippen LogP contribution in [0.5, 0.6) is 0 Å². The molecule has 0 radical (unpaired) electrons. The first kappa shape index (κ1) is 21.2. The largest absolute Gasteiger partial charge is 0.352 e. The van der Waals surface area contributed by atoms with Gasteiger partial charge in [-0.15, -0.1) is 0 Å². The molecule has 2 aliphatic carbocycles. The molecule has 1 amide bonds. The minimum atomic E-state index is -3.92. The van der Waals surface area contributed by atoms with Crippen LogP contribution >= 0.6 is 11.6 Å². The normalized spacial score (nSPS) is 22.8. The Balaban J connectivity index is 1.63. The average Bonchev–Trinajstić information content (AvgIpc) is 3.30. The van der Waals surface area contributed by atoms with Crippen molar-refractivity contribution in [2.75, 3.05) is 10.8 Å². The summed E-state index contributed by atoms with van der Waals surface area (Å²) >= 11 is 6.08. The lowest BCUT2D eigenvalue weighted by Crippen LogP contribution is -2.46. The van der Waals surface area contributed by atoms with Gasteiger partial charge in [0.2, 0.25) is 5.91 Å². The van der Waals surface area contributed by atoms with E-state index in [-0.39, 0.29) is 23.4 Å². The van der Waals surface area contributed by atoms with E-state index in [4.69, 9.17) is 11.6 Å². The lowest BCUT2D eigenvalue weighted by atomic mass is 9.95. The Kier molecular flexibility index (Phi) is 5.82. The van der Waals surface area contributed by atoms with Gasteiger partial charge in [-0.2, -0.15) is 0 Å². The molecule has 0 spiro atoms. The summed E-state index contributed by atoms with van der Waals surface area (Å²) in [6.45, 7) is 3.44. The van der Waals surface area contributed by atoms with Crippen LogP contribution in [0.3, 0.4) is 0 Å². The molecular formula is C23H27ClN2O3S. The Labute approximate surface area is 183 Å². The molecule has 3 atom stereocenters. The molecule has 160 valence electrons. The summed E-state index contributed by atoms with van der Waals surface area (Å²) in [7, 11) is -3.92. The van der Waals surface area contributed by atoms with Crippen LogP contribution < -0.4 is 9.62 Å². The van der Waals surface area contributed by atoms with Gasteiger partial charge in [0.15, 0.2) is 0 Å². The van der Waals surface area contributed by atoms with Gasteiger partial charge in [0.05, 0.1) is 10.6 Å². The topological polar surface area (TPSA) is 66.5 Å². The number of nitrogens with zero attached hydrogens (tertiary/aromatic N) is 1. The van der Waals surface area contributed by atoms with Gasteiger partial charge in [-0.1, -0.05) is 35.7 Å². The van der Waals surface area contributed by atoms with Crippen LogP contribution in [-0.2, 0) is 14.8 Å². The van der Waals surface area contributed by atoms with Crippen LogP contribution in [0.2, 0.25) is 5.02 Å². The van der Waals surface area contributed by atoms with Gasteiger partial charge in [-0.3, -0.25) is 9.10 Å². The van der Waals surface area contributed by atoms with Crippen molar-refractivity contribution in [1.82, 2.24) is 5.32 Å². The molecule has 2 fully saturated rings. The van der Waals surface area contributed by atoms with Crippen molar-refractivity contribution in [2.24, 2.45) is 11.8 Å².